The van der Waals surface area contributed by atoms with Gasteiger partial charge in [0.05, 0.1) is 0 Å². The van der Waals surface area contributed by atoms with Crippen LogP contribution in [0.15, 0.2) is 54.9 Å². The van der Waals surface area contributed by atoms with Gasteiger partial charge in [-0.1, -0.05) is 40.8 Å². The number of hydrogen-bond donors (Lipinski definition) is 3. The molecule has 2 atom stereocenters. The first kappa shape index (κ1) is 59.9. The van der Waals surface area contributed by atoms with Crippen LogP contribution in [0, 0.1) is 41.5 Å². The molecule has 2 aromatic carbocycles. The van der Waals surface area contributed by atoms with Gasteiger partial charge in [0.1, 0.15) is 5.75 Å². The van der Waals surface area contributed by atoms with E-state index in [4.69, 9.17) is 19.9 Å². The molecule has 4 heterocycles. The largest absolute Gasteiger partial charge is 0.428 e. The molecule has 0 saturated carbocycles. The van der Waals surface area contributed by atoms with Crippen molar-refractivity contribution in [1.29, 1.82) is 0 Å². The topological polar surface area (TPSA) is 177 Å². The number of nitrogens with two attached hydrogens (primary N) is 1. The molecule has 19 heteroatoms. The number of aryl methyl sites for hydroxylation is 4. The molecule has 2 aromatic heterocycles. The van der Waals surface area contributed by atoms with Crippen LogP contribution in [0.25, 0.3) is 0 Å². The number of ether oxygens (including phenoxy) is 3. The molecule has 2 aliphatic heterocycles. The number of pyridine rings is 2. The Morgan fingerprint density at radius 2 is 1.23 bits per heavy atom. The van der Waals surface area contributed by atoms with Crippen molar-refractivity contribution in [3.8, 4) is 5.75 Å². The van der Waals surface area contributed by atoms with Gasteiger partial charge < -0.3 is 44.3 Å². The van der Waals surface area contributed by atoms with E-state index in [2.05, 4.69) is 85.2 Å². The van der Waals surface area contributed by atoms with E-state index in [9.17, 15) is 23.7 Å². The van der Waals surface area contributed by atoms with Crippen molar-refractivity contribution < 1.29 is 61.1 Å². The van der Waals surface area contributed by atoms with Crippen molar-refractivity contribution in [1.82, 2.24) is 9.97 Å². The Kier molecular flexibility index (Phi) is 27.6. The molecule has 0 bridgehead atoms. The van der Waals surface area contributed by atoms with Crippen LogP contribution in [0.1, 0.15) is 101 Å². The van der Waals surface area contributed by atoms with Gasteiger partial charge in [0, 0.05) is 159 Å². The molecule has 2 saturated heterocycles. The number of aromatic amines is 2. The Hall–Kier alpha value is -2.25. The molecule has 0 spiro atoms. The normalized spacial score (nSPS) is 14.1. The molecule has 6 rings (SSSR count). The summed E-state index contributed by atoms with van der Waals surface area (Å²) >= 11 is 7.10. The number of halogens is 2. The smallest absolute Gasteiger partial charge is 0.298 e. The first-order valence-corrected chi connectivity index (χ1v) is 26.8. The van der Waals surface area contributed by atoms with Crippen molar-refractivity contribution in [2.45, 2.75) is 113 Å². The van der Waals surface area contributed by atoms with Gasteiger partial charge in [0.25, 0.3) is 17.6 Å². The van der Waals surface area contributed by atoms with Crippen LogP contribution in [0.3, 0.4) is 0 Å². The first-order valence-electron chi connectivity index (χ1n) is 21.9. The number of nitrogens with zero attached hydrogens (tertiary/aromatic N) is 2. The summed E-state index contributed by atoms with van der Waals surface area (Å²) in [5.74, 6) is 0.673. The number of Topliss-reactive ketones (excluding diaryl/α,β-unsaturated/α-hetero) is 1. The zero-order valence-electron chi connectivity index (χ0n) is 39.6. The molecule has 357 valence electrons. The van der Waals surface area contributed by atoms with Gasteiger partial charge in [0.15, 0.2) is 13.3 Å². The SMILES string of the molecule is CCN(c1cc(Br)cc(C(=O)CCc2c(C)cc(C)[nH]c2=O)c1C)C1CCOCC1.CCN(c1cc(Br)cc(OC=O)c1C)C1CCOCC1.Cc1cc(C)c(CN)c(=O)[nH]1.[B][PH](=O)P.[Y]. The summed E-state index contributed by atoms with van der Waals surface area (Å²) in [5, 5.41) is 0. The van der Waals surface area contributed by atoms with Crippen molar-refractivity contribution in [3.63, 3.8) is 0 Å². The number of H-pyrrole nitrogens is 2. The number of benzene rings is 2. The number of anilines is 2. The molecule has 0 amide bonds. The first-order chi connectivity index (χ1) is 30.9. The molecule has 66 heavy (non-hydrogen) atoms. The minimum absolute atomic E-state index is 0. The molecule has 4 aromatic rings. The van der Waals surface area contributed by atoms with E-state index in [0.29, 0.717) is 54.8 Å². The van der Waals surface area contributed by atoms with Gasteiger partial charge in [-0.2, -0.15) is 0 Å². The van der Waals surface area contributed by atoms with E-state index in [1.54, 1.807) is 0 Å². The standard InChI is InChI=1S/C24H31BrN2O3.C15H20BrNO3.C8H12N2O.BH3OP2.Y/c1-5-27(19-8-10-30-11-9-19)22-14-18(25)13-21(17(22)4)23(28)7-6-20-15(2)12-16(3)26-24(20)29;1-3-17(13-4-6-19-7-5-13)14-8-12(16)9-15(11(14)2)20-10-18;1-5-3-6(2)10-8(11)7(5)4-9;1-4(2)3;/h12-14,19H,5-11H2,1-4H3,(H,26,29);8-10,13H,3-7H2,1-2H3;3H,4,9H2,1-2H3,(H,10,11);4H,3H2;. The van der Waals surface area contributed by atoms with Gasteiger partial charge in [-0.3, -0.25) is 19.2 Å². The summed E-state index contributed by atoms with van der Waals surface area (Å²) in [4.78, 5) is 57.5. The average Bonchev–Trinajstić information content (AvgIpc) is 3.24. The van der Waals surface area contributed by atoms with Crippen LogP contribution in [0.4, 0.5) is 11.4 Å². The van der Waals surface area contributed by atoms with E-state index in [1.807, 2.05) is 74.7 Å². The second kappa shape index (κ2) is 30.4. The number of aromatic nitrogens is 2. The number of carbonyl (C=O) groups excluding carboxylic acids is 2. The third-order valence-electron chi connectivity index (χ3n) is 11.5. The van der Waals surface area contributed by atoms with Crippen LogP contribution in [0.5, 0.6) is 5.75 Å². The monoisotopic (exact) mass is 1150 g/mol. The summed E-state index contributed by atoms with van der Waals surface area (Å²) in [7, 11) is 4.89. The van der Waals surface area contributed by atoms with Crippen molar-refractivity contribution in [2.75, 3.05) is 49.3 Å². The summed E-state index contributed by atoms with van der Waals surface area (Å²) in [5.41, 5.74) is 15.2. The maximum atomic E-state index is 13.1. The van der Waals surface area contributed by atoms with Crippen LogP contribution < -0.4 is 31.4 Å². The molecule has 3 radical (unpaired) electrons. The maximum absolute atomic E-state index is 13.1. The zero-order chi connectivity index (χ0) is 48.4. The second-order valence-electron chi connectivity index (χ2n) is 16.0. The Labute approximate surface area is 436 Å². The van der Waals surface area contributed by atoms with Crippen molar-refractivity contribution in [2.24, 2.45) is 5.73 Å². The van der Waals surface area contributed by atoms with Gasteiger partial charge in [-0.05, 0) is 141 Å². The van der Waals surface area contributed by atoms with E-state index in [0.717, 1.165) is 125 Å². The molecular weight excluding hydrogens is 1080 g/mol. The minimum atomic E-state index is -1.71. The quantitative estimate of drug-likeness (QED) is 0.0504. The fourth-order valence-corrected chi connectivity index (χ4v) is 9.18. The minimum Gasteiger partial charge on any atom is -0.428 e. The molecular formula is C47H66BBr2N5O8P2Y. The van der Waals surface area contributed by atoms with Crippen LogP contribution in [0.2, 0.25) is 0 Å². The zero-order valence-corrected chi connectivity index (χ0v) is 47.8. The summed E-state index contributed by atoms with van der Waals surface area (Å²) in [6, 6.07) is 12.7. The summed E-state index contributed by atoms with van der Waals surface area (Å²) in [6.45, 7) is 21.6. The van der Waals surface area contributed by atoms with E-state index in [-0.39, 0.29) is 49.6 Å². The molecule has 4 N–H and O–H groups in total. The number of rotatable bonds is 13. The van der Waals surface area contributed by atoms with Crippen LogP contribution in [-0.2, 0) is 64.5 Å². The van der Waals surface area contributed by atoms with E-state index < -0.39 is 7.37 Å². The third kappa shape index (κ3) is 18.2. The number of hydrogen-bond acceptors (Lipinski definition) is 11. The average molecular weight is 1150 g/mol. The van der Waals surface area contributed by atoms with Crippen molar-refractivity contribution in [3.05, 3.63) is 116 Å². The molecule has 2 aliphatic rings. The predicted octanol–water partition coefficient (Wildman–Crippen LogP) is 9.05. The fraction of sp³-hybridized carbons (Fsp3) is 0.489. The number of nitrogens with one attached hydrogen (secondary N) is 2. The fourth-order valence-electron chi connectivity index (χ4n) is 8.31. The van der Waals surface area contributed by atoms with Gasteiger partial charge >= 0.3 is 0 Å². The van der Waals surface area contributed by atoms with Gasteiger partial charge in [0.2, 0.25) is 0 Å². The Bertz CT molecular complexity index is 2360. The van der Waals surface area contributed by atoms with Gasteiger partial charge in [-0.15, -0.1) is 0 Å². The van der Waals surface area contributed by atoms with Gasteiger partial charge in [-0.25, -0.2) is 0 Å². The number of carbonyl (C=O) groups is 2. The van der Waals surface area contributed by atoms with Crippen LogP contribution >= 0.6 is 48.2 Å². The molecule has 13 nitrogen and oxygen atoms in total. The Morgan fingerprint density at radius 3 is 1.64 bits per heavy atom. The van der Waals surface area contributed by atoms with Crippen LogP contribution in [-0.4, -0.2) is 81.4 Å². The predicted molar refractivity (Wildman–Crippen MR) is 276 cm³/mol. The molecule has 2 unspecified atom stereocenters. The second-order valence-corrected chi connectivity index (χ2v) is 20.4. The van der Waals surface area contributed by atoms with Crippen molar-refractivity contribution >= 4 is 79.4 Å². The Balaban J connectivity index is 0.000000356. The Morgan fingerprint density at radius 1 is 0.803 bits per heavy atom. The van der Waals surface area contributed by atoms with E-state index in [1.165, 1.54) is 0 Å². The summed E-state index contributed by atoms with van der Waals surface area (Å²) in [6.07, 6.45) is 4.82. The van der Waals surface area contributed by atoms with E-state index >= 15 is 0 Å². The number of ketones is 1. The molecule has 0 aliphatic carbocycles. The maximum Gasteiger partial charge on any atom is 0.298 e. The summed E-state index contributed by atoms with van der Waals surface area (Å²) < 4.78 is 27.2. The molecule has 2 fully saturated rings. The third-order valence-corrected chi connectivity index (χ3v) is 12.4.